The van der Waals surface area contributed by atoms with E-state index in [2.05, 4.69) is 18.4 Å². The lowest BCUT2D eigenvalue weighted by Gasteiger charge is -2.39. The van der Waals surface area contributed by atoms with Crippen molar-refractivity contribution in [3.8, 4) is 0 Å². The summed E-state index contributed by atoms with van der Waals surface area (Å²) in [5, 5.41) is 8.64. The van der Waals surface area contributed by atoms with E-state index >= 15 is 0 Å². The number of amides is 1. The van der Waals surface area contributed by atoms with E-state index in [1.807, 2.05) is 0 Å². The lowest BCUT2D eigenvalue weighted by Crippen LogP contribution is -2.37. The van der Waals surface area contributed by atoms with Crippen molar-refractivity contribution < 1.29 is 14.4 Å². The van der Waals surface area contributed by atoms with Gasteiger partial charge in [0.2, 0.25) is 0 Å². The summed E-state index contributed by atoms with van der Waals surface area (Å²) in [6.07, 6.45) is 6.00. The molecule has 142 valence electrons. The van der Waals surface area contributed by atoms with Crippen LogP contribution >= 0.6 is 0 Å². The molecular weight excluding hydrogens is 331 g/mol. The standard InChI is InChI=1S/C21H29FN2O2/c1-14-9-15(2)11-19(10-14)16-5-7-24(8-6-16)13-18-4-3-17(12-20(18)22)21(25)23-26/h3-4,12,15-16,19,26H,1,5-11,13H2,2H3,(H,23,25). The molecule has 1 heterocycles. The van der Waals surface area contributed by atoms with Gasteiger partial charge in [-0.1, -0.05) is 25.1 Å². The van der Waals surface area contributed by atoms with E-state index in [0.29, 0.717) is 12.1 Å². The fraction of sp³-hybridized carbons (Fsp3) is 0.571. The van der Waals surface area contributed by atoms with Gasteiger partial charge in [-0.05, 0) is 75.1 Å². The normalized spacial score (nSPS) is 25.3. The van der Waals surface area contributed by atoms with Gasteiger partial charge in [-0.15, -0.1) is 0 Å². The molecule has 1 aromatic carbocycles. The molecule has 0 radical (unpaired) electrons. The Morgan fingerprint density at radius 1 is 1.31 bits per heavy atom. The largest absolute Gasteiger partial charge is 0.299 e. The maximum atomic E-state index is 14.3. The minimum Gasteiger partial charge on any atom is -0.299 e. The number of allylic oxidation sites excluding steroid dienone is 1. The second-order valence-electron chi connectivity index (χ2n) is 8.12. The molecule has 2 N–H and O–H groups in total. The molecule has 1 amide bonds. The van der Waals surface area contributed by atoms with Crippen LogP contribution in [0, 0.1) is 23.6 Å². The first-order valence-electron chi connectivity index (χ1n) is 9.58. The zero-order chi connectivity index (χ0) is 18.7. The van der Waals surface area contributed by atoms with Crippen LogP contribution in [0.1, 0.15) is 54.9 Å². The Morgan fingerprint density at radius 3 is 2.65 bits per heavy atom. The number of likely N-dealkylation sites (tertiary alicyclic amines) is 1. The van der Waals surface area contributed by atoms with Gasteiger partial charge in [-0.2, -0.15) is 0 Å². The molecule has 1 saturated heterocycles. The monoisotopic (exact) mass is 360 g/mol. The van der Waals surface area contributed by atoms with Crippen LogP contribution in [-0.4, -0.2) is 29.1 Å². The third-order valence-corrected chi connectivity index (χ3v) is 6.00. The van der Waals surface area contributed by atoms with Gasteiger partial charge < -0.3 is 0 Å². The first-order chi connectivity index (χ1) is 12.5. The van der Waals surface area contributed by atoms with Crippen LogP contribution in [0.2, 0.25) is 0 Å². The number of hydrogen-bond acceptors (Lipinski definition) is 3. The molecule has 2 fully saturated rings. The molecule has 26 heavy (non-hydrogen) atoms. The molecule has 2 unspecified atom stereocenters. The second-order valence-corrected chi connectivity index (χ2v) is 8.12. The number of hydroxylamine groups is 1. The van der Waals surface area contributed by atoms with E-state index in [1.165, 1.54) is 36.4 Å². The quantitative estimate of drug-likeness (QED) is 0.482. The first-order valence-corrected chi connectivity index (χ1v) is 9.58. The van der Waals surface area contributed by atoms with Crippen molar-refractivity contribution in [2.45, 2.75) is 45.6 Å². The van der Waals surface area contributed by atoms with Crippen molar-refractivity contribution in [2.24, 2.45) is 17.8 Å². The number of carbonyl (C=O) groups is 1. The fourth-order valence-electron chi connectivity index (χ4n) is 4.69. The Labute approximate surface area is 155 Å². The average Bonchev–Trinajstić information content (AvgIpc) is 2.62. The third-order valence-electron chi connectivity index (χ3n) is 6.00. The van der Waals surface area contributed by atoms with Crippen LogP contribution in [0.3, 0.4) is 0 Å². The van der Waals surface area contributed by atoms with Gasteiger partial charge in [0, 0.05) is 17.7 Å². The van der Waals surface area contributed by atoms with E-state index in [9.17, 15) is 9.18 Å². The van der Waals surface area contributed by atoms with Crippen LogP contribution in [0.25, 0.3) is 0 Å². The number of nitrogens with zero attached hydrogens (tertiary/aromatic N) is 1. The van der Waals surface area contributed by atoms with E-state index in [-0.39, 0.29) is 5.56 Å². The number of rotatable bonds is 4. The number of carbonyl (C=O) groups excluding carboxylic acids is 1. The lowest BCUT2D eigenvalue weighted by molar-refractivity contribution is 0.0706. The molecule has 1 aromatic rings. The second kappa shape index (κ2) is 8.31. The molecular formula is C21H29FN2O2. The summed E-state index contributed by atoms with van der Waals surface area (Å²) < 4.78 is 14.3. The molecule has 0 spiro atoms. The summed E-state index contributed by atoms with van der Waals surface area (Å²) in [6.45, 7) is 9.08. The number of hydrogen-bond donors (Lipinski definition) is 2. The Morgan fingerprint density at radius 2 is 2.04 bits per heavy atom. The number of nitrogens with one attached hydrogen (secondary N) is 1. The van der Waals surface area contributed by atoms with Gasteiger partial charge in [0.15, 0.2) is 0 Å². The Balaban J connectivity index is 1.54. The summed E-state index contributed by atoms with van der Waals surface area (Å²) in [5.41, 5.74) is 3.66. The average molecular weight is 360 g/mol. The number of piperidine rings is 1. The molecule has 0 aromatic heterocycles. The lowest BCUT2D eigenvalue weighted by atomic mass is 9.71. The highest BCUT2D eigenvalue weighted by Gasteiger charge is 2.31. The zero-order valence-electron chi connectivity index (χ0n) is 15.5. The molecule has 2 atom stereocenters. The summed E-state index contributed by atoms with van der Waals surface area (Å²) in [5.74, 6) is 1.18. The van der Waals surface area contributed by atoms with Crippen molar-refractivity contribution in [1.82, 2.24) is 10.4 Å². The summed E-state index contributed by atoms with van der Waals surface area (Å²) in [6, 6.07) is 4.37. The smallest absolute Gasteiger partial charge is 0.274 e. The summed E-state index contributed by atoms with van der Waals surface area (Å²) in [4.78, 5) is 13.6. The van der Waals surface area contributed by atoms with Crippen LogP contribution in [0.15, 0.2) is 30.4 Å². The van der Waals surface area contributed by atoms with Gasteiger partial charge in [0.05, 0.1) is 0 Å². The Hall–Kier alpha value is -1.72. The van der Waals surface area contributed by atoms with Crippen molar-refractivity contribution in [3.05, 3.63) is 47.3 Å². The van der Waals surface area contributed by atoms with Crippen LogP contribution < -0.4 is 5.48 Å². The van der Waals surface area contributed by atoms with Gasteiger partial charge in [-0.3, -0.25) is 14.9 Å². The predicted molar refractivity (Wildman–Crippen MR) is 99.3 cm³/mol. The number of benzene rings is 1. The van der Waals surface area contributed by atoms with Gasteiger partial charge >= 0.3 is 0 Å². The molecule has 2 aliphatic rings. The highest BCUT2D eigenvalue weighted by atomic mass is 19.1. The molecule has 3 rings (SSSR count). The topological polar surface area (TPSA) is 52.6 Å². The van der Waals surface area contributed by atoms with Gasteiger partial charge in [-0.25, -0.2) is 9.87 Å². The first kappa shape index (κ1) is 19.1. The highest BCUT2D eigenvalue weighted by Crippen LogP contribution is 2.40. The Bertz CT molecular complexity index is 668. The minimum absolute atomic E-state index is 0.124. The van der Waals surface area contributed by atoms with E-state index in [4.69, 9.17) is 5.21 Å². The Kier molecular flexibility index (Phi) is 6.09. The highest BCUT2D eigenvalue weighted by molar-refractivity contribution is 5.93. The summed E-state index contributed by atoms with van der Waals surface area (Å²) in [7, 11) is 0. The van der Waals surface area contributed by atoms with Gasteiger partial charge in [0.25, 0.3) is 5.91 Å². The SMILES string of the molecule is C=C1CC(C)CC(C2CCN(Cc3ccc(C(=O)NO)cc3F)CC2)C1. The molecule has 5 heteroatoms. The predicted octanol–water partition coefficient (Wildman–Crippen LogP) is 4.15. The molecule has 1 aliphatic heterocycles. The minimum atomic E-state index is -0.695. The van der Waals surface area contributed by atoms with Crippen molar-refractivity contribution >= 4 is 5.91 Å². The third kappa shape index (κ3) is 4.51. The van der Waals surface area contributed by atoms with Crippen LogP contribution in [-0.2, 0) is 6.54 Å². The van der Waals surface area contributed by atoms with E-state index < -0.39 is 11.7 Å². The van der Waals surface area contributed by atoms with Gasteiger partial charge in [0.1, 0.15) is 5.82 Å². The van der Waals surface area contributed by atoms with Crippen LogP contribution in [0.5, 0.6) is 0 Å². The van der Waals surface area contributed by atoms with Crippen molar-refractivity contribution in [1.29, 1.82) is 0 Å². The zero-order valence-corrected chi connectivity index (χ0v) is 15.5. The maximum absolute atomic E-state index is 14.3. The van der Waals surface area contributed by atoms with E-state index in [0.717, 1.165) is 43.7 Å². The van der Waals surface area contributed by atoms with Crippen LogP contribution in [0.4, 0.5) is 4.39 Å². The molecule has 4 nitrogen and oxygen atoms in total. The number of halogens is 1. The molecule has 1 saturated carbocycles. The molecule has 1 aliphatic carbocycles. The fourth-order valence-corrected chi connectivity index (χ4v) is 4.69. The summed E-state index contributed by atoms with van der Waals surface area (Å²) >= 11 is 0. The van der Waals surface area contributed by atoms with Crippen molar-refractivity contribution in [2.75, 3.05) is 13.1 Å². The van der Waals surface area contributed by atoms with E-state index in [1.54, 1.807) is 12.1 Å². The molecule has 0 bridgehead atoms. The van der Waals surface area contributed by atoms with Crippen molar-refractivity contribution in [3.63, 3.8) is 0 Å². The maximum Gasteiger partial charge on any atom is 0.274 e.